The number of sulfonamides is 1. The molecule has 27 heavy (non-hydrogen) atoms. The molecule has 136 valence electrons. The van der Waals surface area contributed by atoms with Crippen molar-refractivity contribution in [3.8, 4) is 0 Å². The van der Waals surface area contributed by atoms with Crippen molar-refractivity contribution in [1.82, 2.24) is 4.98 Å². The number of anilines is 1. The van der Waals surface area contributed by atoms with Crippen LogP contribution in [0.3, 0.4) is 0 Å². The number of nitrogens with zero attached hydrogens (tertiary/aromatic N) is 5. The van der Waals surface area contributed by atoms with E-state index in [-0.39, 0.29) is 4.90 Å². The van der Waals surface area contributed by atoms with Crippen LogP contribution >= 0.6 is 23.1 Å². The molecule has 1 aliphatic rings. The number of thiazole rings is 1. The first-order chi connectivity index (χ1) is 13.1. The summed E-state index contributed by atoms with van der Waals surface area (Å²) in [5.74, 6) is 0. The fourth-order valence-electron chi connectivity index (χ4n) is 2.35. The fourth-order valence-corrected chi connectivity index (χ4v) is 5.24. The zero-order valence-electron chi connectivity index (χ0n) is 13.6. The molecular formula is C16H12N6O2S3. The van der Waals surface area contributed by atoms with E-state index in [1.807, 2.05) is 11.4 Å². The Morgan fingerprint density at radius 3 is 2.30 bits per heavy atom. The number of nitrogens with one attached hydrogen (secondary N) is 1. The molecular weight excluding hydrogens is 404 g/mol. The van der Waals surface area contributed by atoms with Crippen molar-refractivity contribution in [2.24, 2.45) is 20.7 Å². The molecule has 0 unspecified atom stereocenters. The fraction of sp³-hybridized carbons (Fsp3) is 0.0625. The van der Waals surface area contributed by atoms with Crippen molar-refractivity contribution in [3.63, 3.8) is 0 Å². The van der Waals surface area contributed by atoms with Crippen LogP contribution in [0.25, 0.3) is 0 Å². The highest BCUT2D eigenvalue weighted by Gasteiger charge is 2.38. The number of rotatable bonds is 6. The quantitative estimate of drug-likeness (QED) is 0.629. The molecule has 1 aliphatic heterocycles. The van der Waals surface area contributed by atoms with Gasteiger partial charge in [0.15, 0.2) is 4.34 Å². The van der Waals surface area contributed by atoms with E-state index in [2.05, 4.69) is 30.4 Å². The molecule has 0 spiro atoms. The molecule has 0 bridgehead atoms. The minimum Gasteiger partial charge on any atom is -0.280 e. The lowest BCUT2D eigenvalue weighted by Gasteiger charge is -2.18. The number of thioether (sulfide) groups is 1. The second-order valence-electron chi connectivity index (χ2n) is 5.38. The summed E-state index contributed by atoms with van der Waals surface area (Å²) >= 11 is 2.75. The van der Waals surface area contributed by atoms with E-state index in [0.29, 0.717) is 11.3 Å². The number of aromatic nitrogens is 1. The van der Waals surface area contributed by atoms with Crippen LogP contribution in [0, 0.1) is 0 Å². The molecule has 0 fully saturated rings. The molecule has 0 saturated heterocycles. The smallest absolute Gasteiger partial charge is 0.272 e. The molecule has 11 heteroatoms. The Morgan fingerprint density at radius 1 is 0.963 bits per heavy atom. The normalized spacial score (nSPS) is 15.1. The predicted molar refractivity (Wildman–Crippen MR) is 103 cm³/mol. The van der Waals surface area contributed by atoms with Crippen LogP contribution in [0.15, 0.2) is 96.1 Å². The molecule has 0 aliphatic carbocycles. The first-order valence-electron chi connectivity index (χ1n) is 7.68. The SMILES string of the molecule is O=S(=O)(Nc1ccccc1)c1ccc(C2(Sc3nccs3)N=NN=N2)cc1. The molecule has 0 amide bonds. The minimum atomic E-state index is -3.70. The topological polar surface area (TPSA) is 108 Å². The Morgan fingerprint density at radius 2 is 1.67 bits per heavy atom. The molecule has 3 aromatic rings. The van der Waals surface area contributed by atoms with Gasteiger partial charge >= 0.3 is 0 Å². The average molecular weight is 417 g/mol. The van der Waals surface area contributed by atoms with E-state index < -0.39 is 15.0 Å². The summed E-state index contributed by atoms with van der Waals surface area (Å²) in [7, 11) is -3.70. The van der Waals surface area contributed by atoms with Gasteiger partial charge in [-0.25, -0.2) is 13.4 Å². The average Bonchev–Trinajstić information content (AvgIpc) is 3.36. The van der Waals surface area contributed by atoms with E-state index >= 15 is 0 Å². The van der Waals surface area contributed by atoms with Crippen molar-refractivity contribution >= 4 is 38.8 Å². The maximum Gasteiger partial charge on any atom is 0.272 e. The summed E-state index contributed by atoms with van der Waals surface area (Å²) in [6.07, 6.45) is 1.69. The molecule has 1 N–H and O–H groups in total. The van der Waals surface area contributed by atoms with Gasteiger partial charge in [-0.1, -0.05) is 30.3 Å². The van der Waals surface area contributed by atoms with Crippen LogP contribution < -0.4 is 4.72 Å². The lowest BCUT2D eigenvalue weighted by atomic mass is 10.2. The summed E-state index contributed by atoms with van der Waals surface area (Å²) in [6.45, 7) is 0. The van der Waals surface area contributed by atoms with E-state index in [1.54, 1.807) is 42.6 Å². The van der Waals surface area contributed by atoms with Gasteiger partial charge in [0.25, 0.3) is 15.0 Å². The maximum atomic E-state index is 12.6. The van der Waals surface area contributed by atoms with Gasteiger partial charge in [-0.3, -0.25) is 4.72 Å². The number of para-hydroxylation sites is 1. The summed E-state index contributed by atoms with van der Waals surface area (Å²) < 4.78 is 28.4. The zero-order valence-corrected chi connectivity index (χ0v) is 16.1. The van der Waals surface area contributed by atoms with E-state index in [0.717, 1.165) is 4.34 Å². The molecule has 4 rings (SSSR count). The molecule has 0 atom stereocenters. The predicted octanol–water partition coefficient (Wildman–Crippen LogP) is 4.68. The molecule has 2 aromatic carbocycles. The standard InChI is InChI=1S/C16H12N6O2S3/c23-27(24,18-13-4-2-1-3-5-13)14-8-6-12(7-9-14)16(19-21-22-20-16)26-15-17-10-11-25-15/h1-11,18H. The van der Waals surface area contributed by atoms with Crippen LogP contribution in [0.4, 0.5) is 5.69 Å². The molecule has 0 saturated carbocycles. The Bertz CT molecular complexity index is 1070. The van der Waals surface area contributed by atoms with Crippen molar-refractivity contribution in [2.45, 2.75) is 14.2 Å². The van der Waals surface area contributed by atoms with Gasteiger partial charge < -0.3 is 0 Å². The van der Waals surface area contributed by atoms with Gasteiger partial charge in [0.05, 0.1) is 4.90 Å². The summed E-state index contributed by atoms with van der Waals surface area (Å²) in [4.78, 5) is 3.27. The Balaban J connectivity index is 1.61. The van der Waals surface area contributed by atoms with Crippen LogP contribution in [0.2, 0.25) is 0 Å². The van der Waals surface area contributed by atoms with E-state index in [1.165, 1.54) is 35.2 Å². The molecule has 8 nitrogen and oxygen atoms in total. The lowest BCUT2D eigenvalue weighted by Crippen LogP contribution is -2.15. The van der Waals surface area contributed by atoms with Crippen LogP contribution in [0.1, 0.15) is 5.56 Å². The van der Waals surface area contributed by atoms with Crippen LogP contribution in [-0.2, 0) is 15.0 Å². The second kappa shape index (κ2) is 7.18. The maximum absolute atomic E-state index is 12.6. The monoisotopic (exact) mass is 416 g/mol. The molecule has 1 aromatic heterocycles. The highest BCUT2D eigenvalue weighted by Crippen LogP contribution is 2.47. The summed E-state index contributed by atoms with van der Waals surface area (Å²) in [5.41, 5.74) is 1.15. The Labute approximate surface area is 163 Å². The van der Waals surface area contributed by atoms with Crippen molar-refractivity contribution in [3.05, 3.63) is 71.7 Å². The van der Waals surface area contributed by atoms with Crippen molar-refractivity contribution in [1.29, 1.82) is 0 Å². The summed E-state index contributed by atoms with van der Waals surface area (Å²) in [6, 6.07) is 15.0. The van der Waals surface area contributed by atoms with Gasteiger partial charge in [0.2, 0.25) is 0 Å². The highest BCUT2D eigenvalue weighted by atomic mass is 32.2. The van der Waals surface area contributed by atoms with E-state index in [4.69, 9.17) is 0 Å². The Kier molecular flexibility index (Phi) is 4.72. The van der Waals surface area contributed by atoms with Gasteiger partial charge in [-0.15, -0.1) is 21.6 Å². The van der Waals surface area contributed by atoms with Crippen molar-refractivity contribution in [2.75, 3.05) is 4.72 Å². The van der Waals surface area contributed by atoms with Gasteiger partial charge in [0.1, 0.15) is 0 Å². The highest BCUT2D eigenvalue weighted by molar-refractivity contribution is 8.01. The largest absolute Gasteiger partial charge is 0.280 e. The number of hydrogen-bond donors (Lipinski definition) is 1. The molecule has 2 heterocycles. The third-order valence-electron chi connectivity index (χ3n) is 3.61. The molecule has 0 radical (unpaired) electrons. The summed E-state index contributed by atoms with van der Waals surface area (Å²) in [5, 5.41) is 17.4. The Hall–Kier alpha value is -2.63. The first kappa shape index (κ1) is 17.8. The van der Waals surface area contributed by atoms with Crippen LogP contribution in [-0.4, -0.2) is 13.4 Å². The lowest BCUT2D eigenvalue weighted by molar-refractivity contribution is 0.601. The minimum absolute atomic E-state index is 0.136. The number of hydrogen-bond acceptors (Lipinski definition) is 9. The van der Waals surface area contributed by atoms with Gasteiger partial charge in [-0.05, 0) is 46.5 Å². The third kappa shape index (κ3) is 3.75. The van der Waals surface area contributed by atoms with Gasteiger partial charge in [0, 0.05) is 22.8 Å². The van der Waals surface area contributed by atoms with Crippen molar-refractivity contribution < 1.29 is 8.42 Å². The van der Waals surface area contributed by atoms with E-state index in [9.17, 15) is 8.42 Å². The third-order valence-corrected chi connectivity index (χ3v) is 7.07. The second-order valence-corrected chi connectivity index (χ2v) is 9.38. The zero-order chi connectivity index (χ0) is 18.7. The van der Waals surface area contributed by atoms with Gasteiger partial charge in [-0.2, -0.15) is 0 Å². The van der Waals surface area contributed by atoms with Crippen LogP contribution in [0.5, 0.6) is 0 Å². The first-order valence-corrected chi connectivity index (χ1v) is 10.9. The number of benzene rings is 2.